The number of benzene rings is 1. The van der Waals surface area contributed by atoms with E-state index in [4.69, 9.17) is 0 Å². The van der Waals surface area contributed by atoms with Crippen LogP contribution in [0.1, 0.15) is 6.92 Å². The maximum atomic E-state index is 11.9. The first-order valence-corrected chi connectivity index (χ1v) is 5.70. The molecular formula is C11H13BrN2O. The van der Waals surface area contributed by atoms with Crippen molar-refractivity contribution in [1.29, 1.82) is 0 Å². The lowest BCUT2D eigenvalue weighted by molar-refractivity contribution is -0.121. The molecule has 1 unspecified atom stereocenters. The van der Waals surface area contributed by atoms with E-state index in [1.807, 2.05) is 32.2 Å². The molecule has 80 valence electrons. The molecule has 1 atom stereocenters. The third-order valence-corrected chi connectivity index (χ3v) is 3.17. The van der Waals surface area contributed by atoms with Gasteiger partial charge in [-0.05, 0) is 18.2 Å². The lowest BCUT2D eigenvalue weighted by Gasteiger charge is -2.18. The summed E-state index contributed by atoms with van der Waals surface area (Å²) in [4.78, 5) is 13.6. The Kier molecular flexibility index (Phi) is 2.69. The summed E-state index contributed by atoms with van der Waals surface area (Å²) >= 11 is 3.41. The van der Waals surface area contributed by atoms with Gasteiger partial charge in [-0.3, -0.25) is 4.79 Å². The molecule has 0 saturated carbocycles. The minimum atomic E-state index is 0.0150. The lowest BCUT2D eigenvalue weighted by Crippen LogP contribution is -2.31. The summed E-state index contributed by atoms with van der Waals surface area (Å²) in [5, 5.41) is 3.28. The third kappa shape index (κ3) is 1.86. The fraction of sp³-hybridized carbons (Fsp3) is 0.364. The molecule has 1 heterocycles. The minimum Gasteiger partial charge on any atom is -0.383 e. The van der Waals surface area contributed by atoms with Crippen LogP contribution >= 0.6 is 15.9 Å². The molecule has 1 aromatic rings. The van der Waals surface area contributed by atoms with E-state index in [0.717, 1.165) is 15.8 Å². The van der Waals surface area contributed by atoms with Crippen LogP contribution in [-0.4, -0.2) is 19.5 Å². The van der Waals surface area contributed by atoms with E-state index in [0.29, 0.717) is 6.54 Å². The van der Waals surface area contributed by atoms with E-state index in [9.17, 15) is 4.79 Å². The standard InChI is InChI=1S/C11H13BrN2O/c1-7-6-13-9-4-3-8(12)5-10(9)14(2)11(7)15/h3-5,7,13H,6H2,1-2H3. The highest BCUT2D eigenvalue weighted by Gasteiger charge is 2.24. The Hall–Kier alpha value is -1.03. The van der Waals surface area contributed by atoms with Gasteiger partial charge in [0.25, 0.3) is 0 Å². The van der Waals surface area contributed by atoms with Gasteiger partial charge in [0, 0.05) is 18.1 Å². The maximum absolute atomic E-state index is 11.9. The van der Waals surface area contributed by atoms with Crippen LogP contribution in [0.5, 0.6) is 0 Å². The van der Waals surface area contributed by atoms with Gasteiger partial charge in [-0.25, -0.2) is 0 Å². The average molecular weight is 269 g/mol. The molecule has 1 aliphatic heterocycles. The quantitative estimate of drug-likeness (QED) is 0.784. The van der Waals surface area contributed by atoms with Gasteiger partial charge in [-0.15, -0.1) is 0 Å². The number of rotatable bonds is 0. The molecular weight excluding hydrogens is 256 g/mol. The fourth-order valence-corrected chi connectivity index (χ4v) is 2.08. The summed E-state index contributed by atoms with van der Waals surface area (Å²) < 4.78 is 0.984. The van der Waals surface area contributed by atoms with Gasteiger partial charge in [0.05, 0.1) is 17.3 Å². The minimum absolute atomic E-state index is 0.0150. The first kappa shape index (κ1) is 10.5. The number of anilines is 2. The SMILES string of the molecule is CC1CNc2ccc(Br)cc2N(C)C1=O. The van der Waals surface area contributed by atoms with Crippen molar-refractivity contribution in [2.24, 2.45) is 5.92 Å². The zero-order valence-corrected chi connectivity index (χ0v) is 10.3. The number of hydrogen-bond donors (Lipinski definition) is 1. The molecule has 3 nitrogen and oxygen atoms in total. The number of amides is 1. The van der Waals surface area contributed by atoms with Gasteiger partial charge in [0.1, 0.15) is 0 Å². The van der Waals surface area contributed by atoms with Crippen LogP contribution in [0.25, 0.3) is 0 Å². The molecule has 0 radical (unpaired) electrons. The van der Waals surface area contributed by atoms with Gasteiger partial charge >= 0.3 is 0 Å². The number of nitrogens with one attached hydrogen (secondary N) is 1. The van der Waals surface area contributed by atoms with E-state index in [1.165, 1.54) is 0 Å². The maximum Gasteiger partial charge on any atom is 0.231 e. The number of fused-ring (bicyclic) bond motifs is 1. The smallest absolute Gasteiger partial charge is 0.231 e. The van der Waals surface area contributed by atoms with Gasteiger partial charge in [0.2, 0.25) is 5.91 Å². The molecule has 1 aromatic carbocycles. The van der Waals surface area contributed by atoms with Crippen molar-refractivity contribution in [3.05, 3.63) is 22.7 Å². The number of hydrogen-bond acceptors (Lipinski definition) is 2. The van der Waals surface area contributed by atoms with Crippen LogP contribution < -0.4 is 10.2 Å². The van der Waals surface area contributed by atoms with Crippen LogP contribution in [0.3, 0.4) is 0 Å². The number of halogens is 1. The van der Waals surface area contributed by atoms with Gasteiger partial charge < -0.3 is 10.2 Å². The van der Waals surface area contributed by atoms with Crippen LogP contribution in [0.4, 0.5) is 11.4 Å². The summed E-state index contributed by atoms with van der Waals surface area (Å²) in [6, 6.07) is 5.92. The third-order valence-electron chi connectivity index (χ3n) is 2.67. The molecule has 0 aliphatic carbocycles. The average Bonchev–Trinajstić information content (AvgIpc) is 2.32. The first-order valence-electron chi connectivity index (χ1n) is 4.90. The lowest BCUT2D eigenvalue weighted by atomic mass is 10.1. The van der Waals surface area contributed by atoms with Crippen molar-refractivity contribution >= 4 is 33.2 Å². The topological polar surface area (TPSA) is 32.3 Å². The van der Waals surface area contributed by atoms with Crippen LogP contribution in [0.15, 0.2) is 22.7 Å². The largest absolute Gasteiger partial charge is 0.383 e. The van der Waals surface area contributed by atoms with E-state index >= 15 is 0 Å². The van der Waals surface area contributed by atoms with Crippen LogP contribution in [-0.2, 0) is 4.79 Å². The number of nitrogens with zero attached hydrogens (tertiary/aromatic N) is 1. The van der Waals surface area contributed by atoms with Crippen LogP contribution in [0.2, 0.25) is 0 Å². The van der Waals surface area contributed by atoms with Gasteiger partial charge in [0.15, 0.2) is 0 Å². The Labute approximate surface area is 97.6 Å². The monoisotopic (exact) mass is 268 g/mol. The van der Waals surface area contributed by atoms with E-state index in [1.54, 1.807) is 4.90 Å². The summed E-state index contributed by atoms with van der Waals surface area (Å²) in [7, 11) is 1.82. The molecule has 1 N–H and O–H groups in total. The molecule has 0 spiro atoms. The summed E-state index contributed by atoms with van der Waals surface area (Å²) in [5.41, 5.74) is 1.94. The fourth-order valence-electron chi connectivity index (χ4n) is 1.73. The molecule has 1 amide bonds. The Morgan fingerprint density at radius 1 is 1.53 bits per heavy atom. The molecule has 0 bridgehead atoms. The zero-order chi connectivity index (χ0) is 11.0. The second-order valence-electron chi connectivity index (χ2n) is 3.84. The number of carbonyl (C=O) groups excluding carboxylic acids is 1. The Bertz CT molecular complexity index is 406. The second kappa shape index (κ2) is 3.85. The normalized spacial score (nSPS) is 20.6. The van der Waals surface area contributed by atoms with E-state index < -0.39 is 0 Å². The number of carbonyl (C=O) groups is 1. The van der Waals surface area contributed by atoms with Crippen molar-refractivity contribution in [3.63, 3.8) is 0 Å². The molecule has 2 rings (SSSR count). The zero-order valence-electron chi connectivity index (χ0n) is 8.75. The Balaban J connectivity index is 2.48. The van der Waals surface area contributed by atoms with E-state index in [2.05, 4.69) is 21.2 Å². The molecule has 1 aliphatic rings. The van der Waals surface area contributed by atoms with Gasteiger partial charge in [-0.1, -0.05) is 22.9 Å². The van der Waals surface area contributed by atoms with Crippen molar-refractivity contribution < 1.29 is 4.79 Å². The van der Waals surface area contributed by atoms with Crippen LogP contribution in [0, 0.1) is 5.92 Å². The van der Waals surface area contributed by atoms with Crippen molar-refractivity contribution in [2.45, 2.75) is 6.92 Å². The predicted octanol–water partition coefficient (Wildman–Crippen LogP) is 2.47. The second-order valence-corrected chi connectivity index (χ2v) is 4.76. The highest BCUT2D eigenvalue weighted by molar-refractivity contribution is 9.10. The molecule has 0 saturated heterocycles. The summed E-state index contributed by atoms with van der Waals surface area (Å²) in [5.74, 6) is 0.167. The highest BCUT2D eigenvalue weighted by atomic mass is 79.9. The van der Waals surface area contributed by atoms with Gasteiger partial charge in [-0.2, -0.15) is 0 Å². The van der Waals surface area contributed by atoms with E-state index in [-0.39, 0.29) is 11.8 Å². The molecule has 0 aromatic heterocycles. The first-order chi connectivity index (χ1) is 7.09. The Morgan fingerprint density at radius 3 is 3.00 bits per heavy atom. The van der Waals surface area contributed by atoms with Crippen molar-refractivity contribution in [2.75, 3.05) is 23.8 Å². The molecule has 0 fully saturated rings. The van der Waals surface area contributed by atoms with Crippen molar-refractivity contribution in [1.82, 2.24) is 0 Å². The molecule has 4 heteroatoms. The highest BCUT2D eigenvalue weighted by Crippen LogP contribution is 2.31. The summed E-state index contributed by atoms with van der Waals surface area (Å²) in [6.45, 7) is 2.63. The van der Waals surface area contributed by atoms with Crippen molar-refractivity contribution in [3.8, 4) is 0 Å². The Morgan fingerprint density at radius 2 is 2.27 bits per heavy atom. The predicted molar refractivity (Wildman–Crippen MR) is 65.2 cm³/mol. The molecule has 15 heavy (non-hydrogen) atoms. The summed E-state index contributed by atoms with van der Waals surface area (Å²) in [6.07, 6.45) is 0.